The molecule has 4 rings (SSSR count). The second-order valence-electron chi connectivity index (χ2n) is 7.44. The molecule has 1 amide bonds. The minimum Gasteiger partial charge on any atom is -0.494 e. The van der Waals surface area contributed by atoms with Crippen LogP contribution in [0.25, 0.3) is 22.2 Å². The van der Waals surface area contributed by atoms with Gasteiger partial charge < -0.3 is 14.0 Å². The number of aromatic nitrogens is 1. The number of carbonyl (C=O) groups is 1. The van der Waals surface area contributed by atoms with Crippen molar-refractivity contribution in [3.05, 3.63) is 59.7 Å². The number of hydrogen-bond donors (Lipinski definition) is 1. The Balaban J connectivity index is 1.74. The van der Waals surface area contributed by atoms with Gasteiger partial charge in [0.05, 0.1) is 30.0 Å². The van der Waals surface area contributed by atoms with Crippen molar-refractivity contribution in [2.45, 2.75) is 33.2 Å². The molecule has 0 bridgehead atoms. The molecule has 1 heterocycles. The third-order valence-corrected chi connectivity index (χ3v) is 5.15. The van der Waals surface area contributed by atoms with Crippen molar-refractivity contribution in [1.82, 2.24) is 4.57 Å². The van der Waals surface area contributed by atoms with E-state index in [1.54, 1.807) is 0 Å². The number of ether oxygens (including phenoxy) is 2. The molecule has 1 aliphatic rings. The maximum Gasteiger partial charge on any atom is 0.411 e. The third kappa shape index (κ3) is 4.41. The molecular formula is C25H25N3O3. The SMILES string of the molecule is CCCOC(=O)Nc1ccc(-c2c(C#N)c3ccc(OCC)cc3n2CC2=CC2)cc1. The van der Waals surface area contributed by atoms with Gasteiger partial charge in [0, 0.05) is 23.7 Å². The van der Waals surface area contributed by atoms with E-state index in [0.717, 1.165) is 47.3 Å². The predicted octanol–water partition coefficient (Wildman–Crippen LogP) is 5.87. The smallest absolute Gasteiger partial charge is 0.411 e. The number of anilines is 1. The Morgan fingerprint density at radius 3 is 2.61 bits per heavy atom. The molecule has 0 spiro atoms. The quantitative estimate of drug-likeness (QED) is 0.467. The number of nitriles is 1. The predicted molar refractivity (Wildman–Crippen MR) is 121 cm³/mol. The molecule has 1 N–H and O–H groups in total. The van der Waals surface area contributed by atoms with Crippen LogP contribution in [0.5, 0.6) is 5.75 Å². The Labute approximate surface area is 181 Å². The third-order valence-electron chi connectivity index (χ3n) is 5.15. The lowest BCUT2D eigenvalue weighted by molar-refractivity contribution is 0.161. The van der Waals surface area contributed by atoms with E-state index >= 15 is 0 Å². The zero-order valence-corrected chi connectivity index (χ0v) is 17.8. The van der Waals surface area contributed by atoms with Gasteiger partial charge in [0.2, 0.25) is 0 Å². The standard InChI is InChI=1S/C25H25N3O3/c1-3-13-31-25(29)27-19-9-7-18(8-10-19)24-22(15-26)21-12-11-20(30-4-2)14-23(21)28(24)16-17-5-6-17/h5,7-12,14H,3-4,6,13,16H2,1-2H3,(H,27,29). The van der Waals surface area contributed by atoms with E-state index in [4.69, 9.17) is 9.47 Å². The lowest BCUT2D eigenvalue weighted by Crippen LogP contribution is -2.13. The summed E-state index contributed by atoms with van der Waals surface area (Å²) < 4.78 is 13.0. The maximum absolute atomic E-state index is 11.8. The molecule has 0 radical (unpaired) electrons. The highest BCUT2D eigenvalue weighted by Gasteiger charge is 2.21. The van der Waals surface area contributed by atoms with Crippen LogP contribution < -0.4 is 10.1 Å². The van der Waals surface area contributed by atoms with Crippen LogP contribution in [0.2, 0.25) is 0 Å². The number of nitrogens with zero attached hydrogens (tertiary/aromatic N) is 2. The summed E-state index contributed by atoms with van der Waals surface area (Å²) in [6.45, 7) is 5.62. The average molecular weight is 415 g/mol. The Bertz CT molecular complexity index is 1180. The number of carbonyl (C=O) groups excluding carboxylic acids is 1. The van der Waals surface area contributed by atoms with Gasteiger partial charge in [0.15, 0.2) is 0 Å². The number of amides is 1. The normalized spacial score (nSPS) is 12.2. The summed E-state index contributed by atoms with van der Waals surface area (Å²) in [6, 6.07) is 15.8. The summed E-state index contributed by atoms with van der Waals surface area (Å²) >= 11 is 0. The average Bonchev–Trinajstić information content (AvgIpc) is 3.55. The molecule has 1 aromatic heterocycles. The Hall–Kier alpha value is -3.72. The number of nitrogens with one attached hydrogen (secondary N) is 1. The van der Waals surface area contributed by atoms with Gasteiger partial charge in [-0.25, -0.2) is 4.79 Å². The fraction of sp³-hybridized carbons (Fsp3) is 0.280. The summed E-state index contributed by atoms with van der Waals surface area (Å²) in [5.74, 6) is 0.791. The number of fused-ring (bicyclic) bond motifs is 1. The lowest BCUT2D eigenvalue weighted by atomic mass is 10.1. The molecule has 0 saturated carbocycles. The van der Waals surface area contributed by atoms with E-state index in [1.807, 2.05) is 56.3 Å². The molecule has 0 saturated heterocycles. The van der Waals surface area contributed by atoms with E-state index in [9.17, 15) is 10.1 Å². The maximum atomic E-state index is 11.8. The van der Waals surface area contributed by atoms with Crippen molar-refractivity contribution >= 4 is 22.7 Å². The Kier molecular flexibility index (Phi) is 5.94. The first-order valence-electron chi connectivity index (χ1n) is 10.6. The van der Waals surface area contributed by atoms with Gasteiger partial charge in [0.25, 0.3) is 0 Å². The number of allylic oxidation sites excluding steroid dienone is 2. The first-order valence-corrected chi connectivity index (χ1v) is 10.6. The summed E-state index contributed by atoms with van der Waals surface area (Å²) in [4.78, 5) is 11.8. The fourth-order valence-electron chi connectivity index (χ4n) is 3.63. The second kappa shape index (κ2) is 8.97. The van der Waals surface area contributed by atoms with Gasteiger partial charge in [-0.05, 0) is 49.6 Å². The second-order valence-corrected chi connectivity index (χ2v) is 7.44. The molecule has 0 unspecified atom stereocenters. The number of hydrogen-bond acceptors (Lipinski definition) is 4. The van der Waals surface area contributed by atoms with E-state index in [1.165, 1.54) is 5.57 Å². The van der Waals surface area contributed by atoms with Crippen LogP contribution in [0, 0.1) is 11.3 Å². The summed E-state index contributed by atoms with van der Waals surface area (Å²) in [6.07, 6.45) is 3.51. The van der Waals surface area contributed by atoms with Crippen molar-refractivity contribution in [3.8, 4) is 23.1 Å². The van der Waals surface area contributed by atoms with Crippen LogP contribution in [-0.4, -0.2) is 23.9 Å². The van der Waals surface area contributed by atoms with Gasteiger partial charge in [-0.1, -0.05) is 30.7 Å². The van der Waals surface area contributed by atoms with Gasteiger partial charge in [-0.15, -0.1) is 0 Å². The molecule has 0 atom stereocenters. The molecule has 3 aromatic rings. The van der Waals surface area contributed by atoms with E-state index in [0.29, 0.717) is 24.5 Å². The highest BCUT2D eigenvalue weighted by molar-refractivity contribution is 5.95. The first kappa shape index (κ1) is 20.5. The van der Waals surface area contributed by atoms with E-state index in [2.05, 4.69) is 22.0 Å². The van der Waals surface area contributed by atoms with Crippen LogP contribution in [0.4, 0.5) is 10.5 Å². The highest BCUT2D eigenvalue weighted by atomic mass is 16.5. The largest absolute Gasteiger partial charge is 0.494 e. The van der Waals surface area contributed by atoms with Crippen LogP contribution >= 0.6 is 0 Å². The Morgan fingerprint density at radius 2 is 1.97 bits per heavy atom. The minimum atomic E-state index is -0.467. The molecule has 2 aromatic carbocycles. The van der Waals surface area contributed by atoms with Crippen molar-refractivity contribution in [1.29, 1.82) is 5.26 Å². The fourth-order valence-corrected chi connectivity index (χ4v) is 3.63. The molecule has 0 fully saturated rings. The van der Waals surface area contributed by atoms with Crippen molar-refractivity contribution in [2.75, 3.05) is 18.5 Å². The van der Waals surface area contributed by atoms with Crippen LogP contribution in [-0.2, 0) is 11.3 Å². The van der Waals surface area contributed by atoms with Crippen LogP contribution in [0.1, 0.15) is 32.3 Å². The summed E-state index contributed by atoms with van der Waals surface area (Å²) in [5, 5.41) is 13.6. The number of rotatable bonds is 8. The molecule has 0 aliphatic heterocycles. The van der Waals surface area contributed by atoms with E-state index < -0.39 is 6.09 Å². The zero-order valence-electron chi connectivity index (χ0n) is 17.8. The first-order chi connectivity index (χ1) is 15.1. The molecule has 158 valence electrons. The monoisotopic (exact) mass is 415 g/mol. The van der Waals surface area contributed by atoms with Crippen molar-refractivity contribution < 1.29 is 14.3 Å². The summed E-state index contributed by atoms with van der Waals surface area (Å²) in [5.41, 5.74) is 5.41. The minimum absolute atomic E-state index is 0.384. The van der Waals surface area contributed by atoms with Crippen molar-refractivity contribution in [3.63, 3.8) is 0 Å². The molecule has 1 aliphatic carbocycles. The van der Waals surface area contributed by atoms with E-state index in [-0.39, 0.29) is 0 Å². The highest BCUT2D eigenvalue weighted by Crippen LogP contribution is 2.37. The van der Waals surface area contributed by atoms with Gasteiger partial charge in [0.1, 0.15) is 11.8 Å². The molecule has 6 heteroatoms. The molecule has 6 nitrogen and oxygen atoms in total. The zero-order chi connectivity index (χ0) is 21.8. The molecular weight excluding hydrogens is 390 g/mol. The van der Waals surface area contributed by atoms with Gasteiger partial charge in [-0.3, -0.25) is 5.32 Å². The van der Waals surface area contributed by atoms with Crippen molar-refractivity contribution in [2.24, 2.45) is 0 Å². The summed E-state index contributed by atoms with van der Waals surface area (Å²) in [7, 11) is 0. The van der Waals surface area contributed by atoms with Gasteiger partial charge >= 0.3 is 6.09 Å². The molecule has 31 heavy (non-hydrogen) atoms. The topological polar surface area (TPSA) is 76.3 Å². The van der Waals surface area contributed by atoms with Crippen LogP contribution in [0.15, 0.2) is 54.1 Å². The Morgan fingerprint density at radius 1 is 1.19 bits per heavy atom. The number of benzene rings is 2. The van der Waals surface area contributed by atoms with Crippen LogP contribution in [0.3, 0.4) is 0 Å². The lowest BCUT2D eigenvalue weighted by Gasteiger charge is -2.12. The van der Waals surface area contributed by atoms with Gasteiger partial charge in [-0.2, -0.15) is 5.26 Å².